The highest BCUT2D eigenvalue weighted by Crippen LogP contribution is 2.19. The Morgan fingerprint density at radius 1 is 1.33 bits per heavy atom. The molecule has 8 nitrogen and oxygen atoms in total. The van der Waals surface area contributed by atoms with E-state index >= 15 is 0 Å². The molecule has 0 aliphatic heterocycles. The molecule has 0 aliphatic rings. The molecule has 0 amide bonds. The van der Waals surface area contributed by atoms with Gasteiger partial charge in [-0.15, -0.1) is 0 Å². The molecule has 0 saturated heterocycles. The van der Waals surface area contributed by atoms with Crippen LogP contribution < -0.4 is 5.32 Å². The van der Waals surface area contributed by atoms with Crippen molar-refractivity contribution < 1.29 is 15.0 Å². The molecule has 2 aromatic heterocycles. The maximum atomic E-state index is 10.8. The average Bonchev–Trinajstić information content (AvgIpc) is 3.07. The number of carboxylic acids is 1. The largest absolute Gasteiger partial charge is 0.493 e. The van der Waals surface area contributed by atoms with Crippen LogP contribution in [0.4, 0.5) is 5.95 Å². The fraction of sp³-hybridized carbons (Fsp3) is 0.267. The van der Waals surface area contributed by atoms with Gasteiger partial charge in [-0.3, -0.25) is 9.36 Å². The molecule has 0 aliphatic carbocycles. The van der Waals surface area contributed by atoms with Crippen LogP contribution >= 0.6 is 12.2 Å². The summed E-state index contributed by atoms with van der Waals surface area (Å²) >= 11 is 5.02. The van der Waals surface area contributed by atoms with Crippen molar-refractivity contribution in [1.82, 2.24) is 19.5 Å². The summed E-state index contributed by atoms with van der Waals surface area (Å²) in [7, 11) is 0. The van der Waals surface area contributed by atoms with Crippen LogP contribution in [0.5, 0.6) is 5.88 Å². The minimum absolute atomic E-state index is 0.119. The average molecular weight is 347 g/mol. The molecule has 2 heterocycles. The Morgan fingerprint density at radius 2 is 2.12 bits per heavy atom. The van der Waals surface area contributed by atoms with Crippen molar-refractivity contribution in [2.45, 2.75) is 19.4 Å². The van der Waals surface area contributed by atoms with Crippen LogP contribution in [0.3, 0.4) is 0 Å². The van der Waals surface area contributed by atoms with Gasteiger partial charge < -0.3 is 25.5 Å². The summed E-state index contributed by atoms with van der Waals surface area (Å²) in [5, 5.41) is 22.0. The zero-order valence-electron chi connectivity index (χ0n) is 12.7. The molecule has 0 saturated carbocycles. The number of aliphatic carboxylic acids is 1. The van der Waals surface area contributed by atoms with Gasteiger partial charge >= 0.3 is 5.97 Å². The number of anilines is 1. The van der Waals surface area contributed by atoms with Crippen molar-refractivity contribution in [2.24, 2.45) is 0 Å². The zero-order chi connectivity index (χ0) is 17.1. The van der Waals surface area contributed by atoms with Crippen LogP contribution in [0.1, 0.15) is 12.1 Å². The number of carbonyl (C=O) groups is 1. The number of para-hydroxylation sites is 2. The summed E-state index contributed by atoms with van der Waals surface area (Å²) < 4.78 is 1.37. The van der Waals surface area contributed by atoms with Crippen LogP contribution in [0.15, 0.2) is 24.3 Å². The lowest BCUT2D eigenvalue weighted by atomic mass is 10.2. The van der Waals surface area contributed by atoms with E-state index in [2.05, 4.69) is 20.3 Å². The summed E-state index contributed by atoms with van der Waals surface area (Å²) in [5.74, 6) is -0.485. The molecule has 5 N–H and O–H groups in total. The van der Waals surface area contributed by atoms with Gasteiger partial charge in [0.15, 0.2) is 4.77 Å². The monoisotopic (exact) mass is 347 g/mol. The third-order valence-corrected chi connectivity index (χ3v) is 3.93. The third-order valence-electron chi connectivity index (χ3n) is 3.61. The number of carboxylic acid groups (broad SMARTS) is 1. The first-order valence-electron chi connectivity index (χ1n) is 7.45. The molecular formula is C15H17N5O3S. The number of fused-ring (bicyclic) bond motifs is 1. The van der Waals surface area contributed by atoms with E-state index in [4.69, 9.17) is 17.3 Å². The van der Waals surface area contributed by atoms with Gasteiger partial charge in [0, 0.05) is 6.54 Å². The molecule has 0 unspecified atom stereocenters. The highest BCUT2D eigenvalue weighted by atomic mass is 32.1. The van der Waals surface area contributed by atoms with E-state index < -0.39 is 5.97 Å². The second-order valence-electron chi connectivity index (χ2n) is 5.35. The lowest BCUT2D eigenvalue weighted by Gasteiger charge is -2.03. The third kappa shape index (κ3) is 3.40. The molecule has 3 rings (SSSR count). The lowest BCUT2D eigenvalue weighted by Crippen LogP contribution is -2.08. The molecular weight excluding hydrogens is 330 g/mol. The van der Waals surface area contributed by atoms with Gasteiger partial charge in [0.25, 0.3) is 0 Å². The highest BCUT2D eigenvalue weighted by Gasteiger charge is 2.13. The Morgan fingerprint density at radius 3 is 2.88 bits per heavy atom. The van der Waals surface area contributed by atoms with Gasteiger partial charge in [0.1, 0.15) is 6.54 Å². The Bertz CT molecular complexity index is 894. The number of H-pyrrole nitrogens is 2. The number of imidazole rings is 2. The van der Waals surface area contributed by atoms with Crippen molar-refractivity contribution in [3.63, 3.8) is 0 Å². The minimum Gasteiger partial charge on any atom is -0.493 e. The van der Waals surface area contributed by atoms with E-state index in [9.17, 15) is 9.90 Å². The molecule has 0 bridgehead atoms. The van der Waals surface area contributed by atoms with Crippen molar-refractivity contribution >= 4 is 35.2 Å². The summed E-state index contributed by atoms with van der Waals surface area (Å²) in [6.07, 6.45) is 1.25. The number of aryl methyl sites for hydroxylation is 1. The fourth-order valence-electron chi connectivity index (χ4n) is 2.48. The van der Waals surface area contributed by atoms with Crippen LogP contribution in [0, 0.1) is 4.77 Å². The number of hydrogen-bond acceptors (Lipinski definition) is 5. The van der Waals surface area contributed by atoms with Crippen molar-refractivity contribution in [2.75, 3.05) is 11.9 Å². The molecule has 9 heteroatoms. The molecule has 1 aromatic carbocycles. The number of nitrogens with one attached hydrogen (secondary N) is 3. The zero-order valence-corrected chi connectivity index (χ0v) is 13.6. The summed E-state index contributed by atoms with van der Waals surface area (Å²) in [6, 6.07) is 7.76. The highest BCUT2D eigenvalue weighted by molar-refractivity contribution is 7.71. The van der Waals surface area contributed by atoms with E-state index in [0.717, 1.165) is 11.0 Å². The van der Waals surface area contributed by atoms with Crippen LogP contribution in [0.25, 0.3) is 11.0 Å². The van der Waals surface area contributed by atoms with Gasteiger partial charge in [-0.1, -0.05) is 12.1 Å². The number of aromatic amines is 2. The first-order valence-corrected chi connectivity index (χ1v) is 7.86. The first kappa shape index (κ1) is 16.1. The topological polar surface area (TPSA) is 119 Å². The standard InChI is InChI=1S/C15H17N5O3S/c21-12(22)8-20-13(23)11(19-15(20)24)6-3-7-16-14-17-9-4-1-2-5-10(9)18-14/h1-2,4-5,23H,3,6-8H2,(H,19,24)(H,21,22)(H2,16,17,18). The number of aromatic nitrogens is 4. The van der Waals surface area contributed by atoms with Gasteiger partial charge in [-0.05, 0) is 37.2 Å². The molecule has 0 atom stereocenters. The quantitative estimate of drug-likeness (QED) is 0.330. The van der Waals surface area contributed by atoms with E-state index in [1.807, 2.05) is 24.3 Å². The van der Waals surface area contributed by atoms with Crippen molar-refractivity contribution in [3.8, 4) is 5.88 Å². The second-order valence-corrected chi connectivity index (χ2v) is 5.73. The summed E-state index contributed by atoms with van der Waals surface area (Å²) in [6.45, 7) is 0.280. The summed E-state index contributed by atoms with van der Waals surface area (Å²) in [4.78, 5) is 21.2. The predicted octanol–water partition coefficient (Wildman–Crippen LogP) is 2.26. The minimum atomic E-state index is -1.06. The molecule has 0 radical (unpaired) electrons. The normalized spacial score (nSPS) is 11.0. The van der Waals surface area contributed by atoms with Crippen LogP contribution in [0.2, 0.25) is 0 Å². The number of hydrogen-bond donors (Lipinski definition) is 5. The Hall–Kier alpha value is -2.81. The first-order chi connectivity index (χ1) is 11.5. The maximum Gasteiger partial charge on any atom is 0.323 e. The van der Waals surface area contributed by atoms with E-state index in [0.29, 0.717) is 31.0 Å². The van der Waals surface area contributed by atoms with Gasteiger partial charge in [0.2, 0.25) is 11.8 Å². The number of rotatable bonds is 7. The lowest BCUT2D eigenvalue weighted by molar-refractivity contribution is -0.137. The molecule has 126 valence electrons. The Balaban J connectivity index is 1.56. The van der Waals surface area contributed by atoms with Gasteiger partial charge in [0.05, 0.1) is 16.7 Å². The smallest absolute Gasteiger partial charge is 0.323 e. The van der Waals surface area contributed by atoms with Crippen LogP contribution in [-0.4, -0.2) is 42.2 Å². The second kappa shape index (κ2) is 6.75. The van der Waals surface area contributed by atoms with Gasteiger partial charge in [-0.25, -0.2) is 4.98 Å². The SMILES string of the molecule is O=C(O)Cn1c(O)c(CCCNc2nc3ccccc3[nH]2)[nH]c1=S. The molecule has 24 heavy (non-hydrogen) atoms. The van der Waals surface area contributed by atoms with Crippen LogP contribution in [-0.2, 0) is 17.8 Å². The van der Waals surface area contributed by atoms with E-state index in [1.165, 1.54) is 4.57 Å². The Labute approximate surface area is 142 Å². The summed E-state index contributed by atoms with van der Waals surface area (Å²) in [5.41, 5.74) is 2.40. The Kier molecular flexibility index (Phi) is 4.52. The molecule has 0 spiro atoms. The molecule has 0 fully saturated rings. The van der Waals surface area contributed by atoms with Crippen molar-refractivity contribution in [3.05, 3.63) is 34.7 Å². The van der Waals surface area contributed by atoms with E-state index in [1.54, 1.807) is 0 Å². The molecule has 3 aromatic rings. The van der Waals surface area contributed by atoms with Gasteiger partial charge in [-0.2, -0.15) is 0 Å². The maximum absolute atomic E-state index is 10.8. The predicted molar refractivity (Wildman–Crippen MR) is 91.8 cm³/mol. The fourth-order valence-corrected chi connectivity index (χ4v) is 2.75. The van der Waals surface area contributed by atoms with E-state index in [-0.39, 0.29) is 17.2 Å². The number of benzene rings is 1. The number of nitrogens with zero attached hydrogens (tertiary/aromatic N) is 2. The number of aromatic hydroxyl groups is 1. The van der Waals surface area contributed by atoms with Crippen molar-refractivity contribution in [1.29, 1.82) is 0 Å².